The molecule has 1 aromatic heterocycles. The summed E-state index contributed by atoms with van der Waals surface area (Å²) in [6.07, 6.45) is 1.57. The first-order valence-electron chi connectivity index (χ1n) is 9.32. The number of hydrazone groups is 1. The largest absolute Gasteiger partial charge is 0.358 e. The van der Waals surface area contributed by atoms with Crippen LogP contribution >= 0.6 is 0 Å². The monoisotopic (exact) mass is 361 g/mol. The first kappa shape index (κ1) is 16.2. The molecule has 2 heterocycles. The molecule has 1 aliphatic heterocycles. The first-order valence-corrected chi connectivity index (χ1v) is 9.32. The summed E-state index contributed by atoms with van der Waals surface area (Å²) in [7, 11) is 0. The van der Waals surface area contributed by atoms with Crippen molar-refractivity contribution in [3.63, 3.8) is 0 Å². The zero-order valence-corrected chi connectivity index (χ0v) is 15.3. The highest BCUT2D eigenvalue weighted by Crippen LogP contribution is 2.39. The Hall–Kier alpha value is -2.95. The minimum absolute atomic E-state index is 0.272. The molecule has 0 spiro atoms. The van der Waals surface area contributed by atoms with Crippen LogP contribution < -0.4 is 5.43 Å². The fourth-order valence-electron chi connectivity index (χ4n) is 4.32. The van der Waals surface area contributed by atoms with E-state index < -0.39 is 5.82 Å². The molecule has 0 saturated carbocycles. The molecule has 136 valence electrons. The van der Waals surface area contributed by atoms with E-state index in [1.54, 1.807) is 0 Å². The van der Waals surface area contributed by atoms with Crippen LogP contribution in [0.1, 0.15) is 64.8 Å². The predicted octanol–water partition coefficient (Wildman–Crippen LogP) is 4.61. The Balaban J connectivity index is 1.63. The van der Waals surface area contributed by atoms with Gasteiger partial charge in [0.05, 0.1) is 16.8 Å². The average molecular weight is 361 g/mol. The third-order valence-corrected chi connectivity index (χ3v) is 5.73. The third-order valence-electron chi connectivity index (χ3n) is 5.73. The maximum Gasteiger partial charge on any atom is 0.272 e. The van der Waals surface area contributed by atoms with Gasteiger partial charge < -0.3 is 4.98 Å². The van der Waals surface area contributed by atoms with E-state index in [0.717, 1.165) is 35.2 Å². The van der Waals surface area contributed by atoms with Gasteiger partial charge in [-0.2, -0.15) is 5.10 Å². The van der Waals surface area contributed by atoms with Crippen molar-refractivity contribution in [2.45, 2.75) is 38.5 Å². The minimum Gasteiger partial charge on any atom is -0.358 e. The van der Waals surface area contributed by atoms with E-state index in [1.165, 1.54) is 23.3 Å². The van der Waals surface area contributed by atoms with Gasteiger partial charge in [-0.15, -0.1) is 0 Å². The fraction of sp³-hybridized carbons (Fsp3) is 0.273. The molecule has 0 fully saturated rings. The second-order valence-electron chi connectivity index (χ2n) is 7.78. The van der Waals surface area contributed by atoms with Crippen molar-refractivity contribution in [2.24, 2.45) is 5.10 Å². The normalized spacial score (nSPS) is 18.4. The first-order chi connectivity index (χ1) is 13.0. The van der Waals surface area contributed by atoms with E-state index in [1.807, 2.05) is 0 Å². The van der Waals surface area contributed by atoms with Crippen LogP contribution in [0.2, 0.25) is 0 Å². The van der Waals surface area contributed by atoms with Gasteiger partial charge in [0.25, 0.3) is 5.91 Å². The summed E-state index contributed by atoms with van der Waals surface area (Å²) < 4.78 is 14.0. The lowest BCUT2D eigenvalue weighted by Gasteiger charge is -2.24. The molecule has 2 N–H and O–H groups in total. The molecule has 2 aliphatic rings. The van der Waals surface area contributed by atoms with Crippen LogP contribution in [0, 0.1) is 5.82 Å². The summed E-state index contributed by atoms with van der Waals surface area (Å²) in [6, 6.07) is 11.5. The van der Waals surface area contributed by atoms with E-state index in [9.17, 15) is 9.18 Å². The van der Waals surface area contributed by atoms with Crippen LogP contribution in [0.15, 0.2) is 41.5 Å². The lowest BCUT2D eigenvalue weighted by atomic mass is 9.80. The molecule has 1 amide bonds. The van der Waals surface area contributed by atoms with Gasteiger partial charge in [-0.25, -0.2) is 9.82 Å². The quantitative estimate of drug-likeness (QED) is 0.688. The Morgan fingerprint density at radius 2 is 1.93 bits per heavy atom. The maximum atomic E-state index is 14.0. The molecule has 5 rings (SSSR count). The Bertz CT molecular complexity index is 1110. The molecule has 0 bridgehead atoms. The zero-order valence-electron chi connectivity index (χ0n) is 15.3. The standard InChI is InChI=1S/C22H20FN3O/c1-11(2)12-3-5-13(6-4-12)14-7-17-21-19(8-14)25-26-22(27)16-9-15(23)10-18(24-17)20(16)21/h3-6,9-11,14,24H,7-8H2,1-2H3,(H,26,27). The number of nitrogens with zero attached hydrogens (tertiary/aromatic N) is 1. The fourth-order valence-corrected chi connectivity index (χ4v) is 4.32. The summed E-state index contributed by atoms with van der Waals surface area (Å²) >= 11 is 0. The Morgan fingerprint density at radius 3 is 2.67 bits per heavy atom. The molecular weight excluding hydrogens is 341 g/mol. The molecule has 1 unspecified atom stereocenters. The zero-order chi connectivity index (χ0) is 18.7. The molecule has 5 heteroatoms. The molecule has 2 aromatic carbocycles. The van der Waals surface area contributed by atoms with Gasteiger partial charge in [-0.1, -0.05) is 38.1 Å². The van der Waals surface area contributed by atoms with E-state index in [2.05, 4.69) is 53.6 Å². The number of nitrogens with one attached hydrogen (secondary N) is 2. The van der Waals surface area contributed by atoms with Gasteiger partial charge in [0.1, 0.15) is 5.82 Å². The highest BCUT2D eigenvalue weighted by atomic mass is 19.1. The Morgan fingerprint density at radius 1 is 1.15 bits per heavy atom. The van der Waals surface area contributed by atoms with Crippen LogP contribution in [0.3, 0.4) is 0 Å². The second-order valence-corrected chi connectivity index (χ2v) is 7.78. The van der Waals surface area contributed by atoms with Crippen molar-refractivity contribution in [1.82, 2.24) is 10.4 Å². The second kappa shape index (κ2) is 5.78. The van der Waals surface area contributed by atoms with Crippen molar-refractivity contribution in [3.05, 3.63) is 70.2 Å². The van der Waals surface area contributed by atoms with Crippen LogP contribution in [0.25, 0.3) is 10.9 Å². The highest BCUT2D eigenvalue weighted by molar-refractivity contribution is 6.20. The van der Waals surface area contributed by atoms with Gasteiger partial charge in [0.2, 0.25) is 0 Å². The number of hydrogen-bond acceptors (Lipinski definition) is 2. The topological polar surface area (TPSA) is 57.2 Å². The van der Waals surface area contributed by atoms with Gasteiger partial charge in [-0.3, -0.25) is 4.79 Å². The van der Waals surface area contributed by atoms with E-state index >= 15 is 0 Å². The molecule has 1 atom stereocenters. The summed E-state index contributed by atoms with van der Waals surface area (Å²) in [5, 5.41) is 5.16. The smallest absolute Gasteiger partial charge is 0.272 e. The van der Waals surface area contributed by atoms with Crippen molar-refractivity contribution >= 4 is 22.5 Å². The Kier molecular flexibility index (Phi) is 3.47. The summed E-state index contributed by atoms with van der Waals surface area (Å²) in [6.45, 7) is 4.37. The highest BCUT2D eigenvalue weighted by Gasteiger charge is 2.32. The number of H-pyrrole nitrogens is 1. The molecule has 3 aromatic rings. The minimum atomic E-state index is -0.421. The number of amides is 1. The number of carbonyl (C=O) groups is 1. The summed E-state index contributed by atoms with van der Waals surface area (Å²) in [4.78, 5) is 15.7. The number of hydrogen-bond donors (Lipinski definition) is 2. The molecule has 4 nitrogen and oxygen atoms in total. The van der Waals surface area contributed by atoms with Gasteiger partial charge in [0, 0.05) is 16.6 Å². The average Bonchev–Trinajstić information content (AvgIpc) is 2.95. The lowest BCUT2D eigenvalue weighted by molar-refractivity contribution is 0.0956. The summed E-state index contributed by atoms with van der Waals surface area (Å²) in [5.74, 6) is -0.00847. The van der Waals surface area contributed by atoms with Crippen LogP contribution in [-0.4, -0.2) is 16.6 Å². The Labute approximate surface area is 156 Å². The molecule has 1 aliphatic carbocycles. The van der Waals surface area contributed by atoms with E-state index in [-0.39, 0.29) is 11.8 Å². The number of rotatable bonds is 2. The SMILES string of the molecule is CC(C)c1ccc(C2CC3=NNC(=O)c4cc(F)cc5[nH]c(c3c45)C2)cc1. The molecule has 27 heavy (non-hydrogen) atoms. The van der Waals surface area contributed by atoms with Crippen molar-refractivity contribution in [2.75, 3.05) is 0 Å². The van der Waals surface area contributed by atoms with Crippen LogP contribution in [0.5, 0.6) is 0 Å². The lowest BCUT2D eigenvalue weighted by Crippen LogP contribution is -2.22. The number of aromatic amines is 1. The maximum absolute atomic E-state index is 14.0. The number of halogens is 1. The van der Waals surface area contributed by atoms with Crippen molar-refractivity contribution in [3.8, 4) is 0 Å². The third kappa shape index (κ3) is 2.49. The predicted molar refractivity (Wildman–Crippen MR) is 104 cm³/mol. The van der Waals surface area contributed by atoms with Crippen molar-refractivity contribution < 1.29 is 9.18 Å². The number of benzene rings is 2. The van der Waals surface area contributed by atoms with Gasteiger partial charge in [-0.05, 0) is 47.9 Å². The molecule has 0 saturated heterocycles. The van der Waals surface area contributed by atoms with E-state index in [4.69, 9.17) is 0 Å². The van der Waals surface area contributed by atoms with Gasteiger partial charge in [0.15, 0.2) is 0 Å². The number of aromatic nitrogens is 1. The van der Waals surface area contributed by atoms with Crippen LogP contribution in [-0.2, 0) is 6.42 Å². The summed E-state index contributed by atoms with van der Waals surface area (Å²) in [5.41, 5.74) is 9.03. The molecule has 0 radical (unpaired) electrons. The number of carbonyl (C=O) groups excluding carboxylic acids is 1. The van der Waals surface area contributed by atoms with Crippen molar-refractivity contribution in [1.29, 1.82) is 0 Å². The van der Waals surface area contributed by atoms with Gasteiger partial charge >= 0.3 is 0 Å². The van der Waals surface area contributed by atoms with E-state index in [0.29, 0.717) is 17.0 Å². The van der Waals surface area contributed by atoms with Crippen LogP contribution in [0.4, 0.5) is 4.39 Å². The molecular formula is C22H20FN3O.